The number of rotatable bonds is 8. The zero-order valence-electron chi connectivity index (χ0n) is 18.2. The van der Waals surface area contributed by atoms with E-state index in [-0.39, 0.29) is 11.8 Å². The van der Waals surface area contributed by atoms with Crippen molar-refractivity contribution in [1.29, 1.82) is 0 Å². The number of anilines is 1. The molecule has 6 nitrogen and oxygen atoms in total. The predicted molar refractivity (Wildman–Crippen MR) is 130 cm³/mol. The molecule has 0 saturated heterocycles. The van der Waals surface area contributed by atoms with Gasteiger partial charge in [0.05, 0.1) is 11.3 Å². The van der Waals surface area contributed by atoms with Gasteiger partial charge in [0.25, 0.3) is 5.91 Å². The number of para-hydroxylation sites is 1. The molecule has 0 aliphatic heterocycles. The molecule has 0 unspecified atom stereocenters. The van der Waals surface area contributed by atoms with Crippen LogP contribution in [0.5, 0.6) is 0 Å². The number of nitrogens with one attached hydrogen (secondary N) is 2. The van der Waals surface area contributed by atoms with E-state index in [0.717, 1.165) is 41.5 Å². The van der Waals surface area contributed by atoms with E-state index in [1.807, 2.05) is 48.0 Å². The largest absolute Gasteiger partial charge is 0.356 e. The second kappa shape index (κ2) is 9.78. The summed E-state index contributed by atoms with van der Waals surface area (Å²) < 4.78 is 2.08. The SMILES string of the molecule is CCn1cc(C(=O)Nc2nc(-c3ccc(CCCNC(C)=O)cc3)cs2)c2ccccc21. The molecule has 32 heavy (non-hydrogen) atoms. The maximum atomic E-state index is 12.9. The number of hydrogen-bond donors (Lipinski definition) is 2. The summed E-state index contributed by atoms with van der Waals surface area (Å²) in [7, 11) is 0. The van der Waals surface area contributed by atoms with E-state index >= 15 is 0 Å². The fraction of sp³-hybridized carbons (Fsp3) is 0.240. The van der Waals surface area contributed by atoms with Crippen molar-refractivity contribution in [2.45, 2.75) is 33.2 Å². The van der Waals surface area contributed by atoms with Crippen LogP contribution in [0, 0.1) is 0 Å². The smallest absolute Gasteiger partial charge is 0.259 e. The van der Waals surface area contributed by atoms with E-state index in [2.05, 4.69) is 39.2 Å². The molecule has 0 saturated carbocycles. The minimum Gasteiger partial charge on any atom is -0.356 e. The van der Waals surface area contributed by atoms with Crippen LogP contribution in [0.25, 0.3) is 22.2 Å². The van der Waals surface area contributed by atoms with Crippen LogP contribution >= 0.6 is 11.3 Å². The summed E-state index contributed by atoms with van der Waals surface area (Å²) in [6.07, 6.45) is 3.71. The van der Waals surface area contributed by atoms with Crippen LogP contribution < -0.4 is 10.6 Å². The van der Waals surface area contributed by atoms with Crippen molar-refractivity contribution in [2.75, 3.05) is 11.9 Å². The molecule has 7 heteroatoms. The van der Waals surface area contributed by atoms with E-state index in [0.29, 0.717) is 17.2 Å². The Labute approximate surface area is 191 Å². The Balaban J connectivity index is 1.42. The van der Waals surface area contributed by atoms with Crippen LogP contribution in [0.4, 0.5) is 5.13 Å². The van der Waals surface area contributed by atoms with Crippen LogP contribution in [-0.2, 0) is 17.8 Å². The van der Waals surface area contributed by atoms with Crippen molar-refractivity contribution >= 4 is 39.2 Å². The minimum atomic E-state index is -0.149. The first-order valence-electron chi connectivity index (χ1n) is 10.7. The summed E-state index contributed by atoms with van der Waals surface area (Å²) in [5.41, 5.74) is 4.77. The summed E-state index contributed by atoms with van der Waals surface area (Å²) >= 11 is 1.42. The Morgan fingerprint density at radius 2 is 1.88 bits per heavy atom. The standard InChI is InChI=1S/C25H26N4O2S/c1-3-29-15-21(20-8-4-5-9-23(20)29)24(31)28-25-27-22(16-32-25)19-12-10-18(11-13-19)7-6-14-26-17(2)30/h4-5,8-13,15-16H,3,6-7,14H2,1-2H3,(H,26,30)(H,27,28,31). The third-order valence-corrected chi connectivity index (χ3v) is 6.12. The lowest BCUT2D eigenvalue weighted by Crippen LogP contribution is -2.21. The number of hydrogen-bond acceptors (Lipinski definition) is 4. The van der Waals surface area contributed by atoms with Crippen molar-refractivity contribution in [3.05, 3.63) is 71.2 Å². The average Bonchev–Trinajstić information content (AvgIpc) is 3.41. The van der Waals surface area contributed by atoms with Gasteiger partial charge in [0.1, 0.15) is 0 Å². The highest BCUT2D eigenvalue weighted by atomic mass is 32.1. The van der Waals surface area contributed by atoms with Gasteiger partial charge < -0.3 is 9.88 Å². The third kappa shape index (κ3) is 4.89. The first kappa shape index (κ1) is 21.8. The Bertz CT molecular complexity index is 1240. The highest BCUT2D eigenvalue weighted by Gasteiger charge is 2.16. The van der Waals surface area contributed by atoms with Crippen molar-refractivity contribution < 1.29 is 9.59 Å². The number of amides is 2. The summed E-state index contributed by atoms with van der Waals surface area (Å²) in [5, 5.41) is 9.25. The fourth-order valence-electron chi connectivity index (χ4n) is 3.72. The van der Waals surface area contributed by atoms with E-state index in [1.165, 1.54) is 23.8 Å². The molecule has 4 aromatic rings. The Morgan fingerprint density at radius 1 is 1.09 bits per heavy atom. The van der Waals surface area contributed by atoms with Gasteiger partial charge in [-0.25, -0.2) is 4.98 Å². The second-order valence-electron chi connectivity index (χ2n) is 7.62. The molecule has 164 valence electrons. The van der Waals surface area contributed by atoms with Crippen molar-refractivity contribution in [2.24, 2.45) is 0 Å². The topological polar surface area (TPSA) is 76.0 Å². The molecule has 0 spiro atoms. The lowest BCUT2D eigenvalue weighted by atomic mass is 10.1. The molecule has 0 atom stereocenters. The van der Waals surface area contributed by atoms with Gasteiger partial charge in [-0.2, -0.15) is 0 Å². The third-order valence-electron chi connectivity index (χ3n) is 5.36. The summed E-state index contributed by atoms with van der Waals surface area (Å²) in [5.74, 6) is -0.147. The molecule has 0 bridgehead atoms. The maximum Gasteiger partial charge on any atom is 0.259 e. The molecular weight excluding hydrogens is 420 g/mol. The number of carbonyl (C=O) groups is 2. The Kier molecular flexibility index (Phi) is 6.66. The molecular formula is C25H26N4O2S. The highest BCUT2D eigenvalue weighted by molar-refractivity contribution is 7.14. The van der Waals surface area contributed by atoms with Gasteiger partial charge in [-0.3, -0.25) is 14.9 Å². The van der Waals surface area contributed by atoms with E-state index in [1.54, 1.807) is 0 Å². The van der Waals surface area contributed by atoms with Crippen LogP contribution in [0.15, 0.2) is 60.1 Å². The Hall–Kier alpha value is -3.45. The zero-order chi connectivity index (χ0) is 22.5. The summed E-state index contributed by atoms with van der Waals surface area (Å²) in [4.78, 5) is 28.5. The van der Waals surface area contributed by atoms with E-state index in [4.69, 9.17) is 0 Å². The van der Waals surface area contributed by atoms with Crippen LogP contribution in [0.3, 0.4) is 0 Å². The van der Waals surface area contributed by atoms with E-state index in [9.17, 15) is 9.59 Å². The fourth-order valence-corrected chi connectivity index (χ4v) is 4.43. The molecule has 2 N–H and O–H groups in total. The van der Waals surface area contributed by atoms with Gasteiger partial charge in [0, 0.05) is 48.1 Å². The van der Waals surface area contributed by atoms with Crippen LogP contribution in [0.1, 0.15) is 36.2 Å². The quantitative estimate of drug-likeness (QED) is 0.370. The van der Waals surface area contributed by atoms with Crippen molar-refractivity contribution in [3.63, 3.8) is 0 Å². The Morgan fingerprint density at radius 3 is 2.62 bits per heavy atom. The normalized spacial score (nSPS) is 10.9. The molecule has 0 fully saturated rings. The molecule has 2 heterocycles. The van der Waals surface area contributed by atoms with Gasteiger partial charge in [-0.1, -0.05) is 42.5 Å². The van der Waals surface area contributed by atoms with Gasteiger partial charge in [-0.05, 0) is 31.4 Å². The molecule has 2 aromatic carbocycles. The number of nitrogens with zero attached hydrogens (tertiary/aromatic N) is 2. The lowest BCUT2D eigenvalue weighted by molar-refractivity contribution is -0.118. The molecule has 4 rings (SSSR count). The van der Waals surface area contributed by atoms with Crippen LogP contribution in [0.2, 0.25) is 0 Å². The molecule has 0 aliphatic rings. The number of benzene rings is 2. The molecule has 2 amide bonds. The van der Waals surface area contributed by atoms with Crippen molar-refractivity contribution in [3.8, 4) is 11.3 Å². The van der Waals surface area contributed by atoms with Gasteiger partial charge in [0.2, 0.25) is 5.91 Å². The second-order valence-corrected chi connectivity index (χ2v) is 8.48. The first-order chi connectivity index (χ1) is 15.5. The maximum absolute atomic E-state index is 12.9. The summed E-state index contributed by atoms with van der Waals surface area (Å²) in [6, 6.07) is 16.2. The molecule has 0 radical (unpaired) electrons. The van der Waals surface area contributed by atoms with Crippen molar-refractivity contribution in [1.82, 2.24) is 14.9 Å². The van der Waals surface area contributed by atoms with Crippen LogP contribution in [-0.4, -0.2) is 27.9 Å². The molecule has 0 aliphatic carbocycles. The first-order valence-corrected chi connectivity index (χ1v) is 11.6. The zero-order valence-corrected chi connectivity index (χ0v) is 19.0. The average molecular weight is 447 g/mol. The van der Waals surface area contributed by atoms with E-state index < -0.39 is 0 Å². The van der Waals surface area contributed by atoms with Gasteiger partial charge >= 0.3 is 0 Å². The minimum absolute atomic E-state index is 0.00268. The number of aromatic nitrogens is 2. The van der Waals surface area contributed by atoms with Gasteiger partial charge in [0.15, 0.2) is 5.13 Å². The molecule has 2 aromatic heterocycles. The number of aryl methyl sites for hydroxylation is 2. The lowest BCUT2D eigenvalue weighted by Gasteiger charge is -2.04. The number of fused-ring (bicyclic) bond motifs is 1. The predicted octanol–water partition coefficient (Wildman–Crippen LogP) is 5.11. The highest BCUT2D eigenvalue weighted by Crippen LogP contribution is 2.27. The monoisotopic (exact) mass is 446 g/mol. The number of carbonyl (C=O) groups excluding carboxylic acids is 2. The summed E-state index contributed by atoms with van der Waals surface area (Å²) in [6.45, 7) is 5.08. The number of thiazole rings is 1. The van der Waals surface area contributed by atoms with Gasteiger partial charge in [-0.15, -0.1) is 11.3 Å².